The van der Waals surface area contributed by atoms with Crippen molar-refractivity contribution in [2.45, 2.75) is 25.9 Å². The Morgan fingerprint density at radius 1 is 1.53 bits per heavy atom. The van der Waals surface area contributed by atoms with Crippen LogP contribution in [-0.2, 0) is 13.0 Å². The second-order valence-electron chi connectivity index (χ2n) is 4.39. The highest BCUT2D eigenvalue weighted by Crippen LogP contribution is 2.32. The van der Waals surface area contributed by atoms with Gasteiger partial charge in [-0.15, -0.1) is 0 Å². The number of ether oxygens (including phenoxy) is 1. The number of rotatable bonds is 5. The first kappa shape index (κ1) is 13.1. The molecule has 0 aliphatic carbocycles. The lowest BCUT2D eigenvalue weighted by Crippen LogP contribution is -2.27. The van der Waals surface area contributed by atoms with Gasteiger partial charge < -0.3 is 10.1 Å². The Morgan fingerprint density at radius 2 is 2.35 bits per heavy atom. The lowest BCUT2D eigenvalue weighted by Gasteiger charge is -2.14. The summed E-state index contributed by atoms with van der Waals surface area (Å²) in [5.41, 5.74) is 2.42. The van der Waals surface area contributed by atoms with E-state index >= 15 is 0 Å². The second-order valence-corrected chi connectivity index (χ2v) is 5.74. The Hall–Kier alpha value is -0.380. The van der Waals surface area contributed by atoms with Crippen LogP contribution in [0.2, 0.25) is 5.02 Å². The van der Waals surface area contributed by atoms with Gasteiger partial charge in [0, 0.05) is 35.3 Å². The van der Waals surface area contributed by atoms with Gasteiger partial charge in [-0.2, -0.15) is 11.8 Å². The standard InChI is InChI=1S/C13H18ClNOS/c1-9(8-17-2)15-7-11-6-12(14)5-10-3-4-16-13(10)11/h5-6,9,15H,3-4,7-8H2,1-2H3. The first-order valence-corrected chi connectivity index (χ1v) is 7.64. The Balaban J connectivity index is 2.05. The molecule has 0 spiro atoms. The lowest BCUT2D eigenvalue weighted by molar-refractivity contribution is 0.352. The molecule has 0 saturated heterocycles. The molecular formula is C13H18ClNOS. The predicted octanol–water partition coefficient (Wildman–Crippen LogP) is 3.12. The molecule has 1 aromatic rings. The molecule has 1 N–H and O–H groups in total. The normalized spacial score (nSPS) is 15.5. The molecule has 0 bridgehead atoms. The van der Waals surface area contributed by atoms with Crippen LogP contribution in [0.1, 0.15) is 18.1 Å². The molecule has 1 atom stereocenters. The molecule has 2 nitrogen and oxygen atoms in total. The fraction of sp³-hybridized carbons (Fsp3) is 0.538. The summed E-state index contributed by atoms with van der Waals surface area (Å²) >= 11 is 7.97. The number of thioether (sulfide) groups is 1. The fourth-order valence-electron chi connectivity index (χ4n) is 2.07. The molecule has 2 rings (SSSR count). The Labute approximate surface area is 112 Å². The average Bonchev–Trinajstić information content (AvgIpc) is 2.74. The Bertz CT molecular complexity index is 397. The number of fused-ring (bicyclic) bond motifs is 1. The molecule has 17 heavy (non-hydrogen) atoms. The van der Waals surface area contributed by atoms with Crippen molar-refractivity contribution in [1.82, 2.24) is 5.32 Å². The number of nitrogens with one attached hydrogen (secondary N) is 1. The van der Waals surface area contributed by atoms with Crippen LogP contribution in [0.4, 0.5) is 0 Å². The van der Waals surface area contributed by atoms with Crippen LogP contribution in [0, 0.1) is 0 Å². The van der Waals surface area contributed by atoms with E-state index in [1.54, 1.807) is 0 Å². The minimum absolute atomic E-state index is 0.501. The maximum atomic E-state index is 6.12. The highest BCUT2D eigenvalue weighted by molar-refractivity contribution is 7.98. The minimum atomic E-state index is 0.501. The topological polar surface area (TPSA) is 21.3 Å². The zero-order valence-corrected chi connectivity index (χ0v) is 11.8. The molecule has 1 aliphatic heterocycles. The van der Waals surface area contributed by atoms with Crippen molar-refractivity contribution in [3.63, 3.8) is 0 Å². The van der Waals surface area contributed by atoms with Gasteiger partial charge in [0.05, 0.1) is 6.61 Å². The van der Waals surface area contributed by atoms with Gasteiger partial charge in [-0.25, -0.2) is 0 Å². The summed E-state index contributed by atoms with van der Waals surface area (Å²) in [6.07, 6.45) is 3.10. The van der Waals surface area contributed by atoms with E-state index in [2.05, 4.69) is 18.5 Å². The number of hydrogen-bond acceptors (Lipinski definition) is 3. The molecule has 0 radical (unpaired) electrons. The summed E-state index contributed by atoms with van der Waals surface area (Å²) in [4.78, 5) is 0. The molecule has 1 aromatic carbocycles. The van der Waals surface area contributed by atoms with Gasteiger partial charge in [-0.1, -0.05) is 11.6 Å². The summed E-state index contributed by atoms with van der Waals surface area (Å²) in [5, 5.41) is 4.31. The van der Waals surface area contributed by atoms with Crippen LogP contribution < -0.4 is 10.1 Å². The summed E-state index contributed by atoms with van der Waals surface area (Å²) in [6, 6.07) is 4.52. The second kappa shape index (κ2) is 5.98. The highest BCUT2D eigenvalue weighted by atomic mass is 35.5. The molecule has 0 fully saturated rings. The molecule has 4 heteroatoms. The van der Waals surface area contributed by atoms with E-state index in [1.807, 2.05) is 23.9 Å². The monoisotopic (exact) mass is 271 g/mol. The first-order chi connectivity index (χ1) is 8.20. The van der Waals surface area contributed by atoms with Gasteiger partial charge in [-0.05, 0) is 30.9 Å². The molecule has 0 aromatic heterocycles. The summed E-state index contributed by atoms with van der Waals surface area (Å²) in [7, 11) is 0. The fourth-order valence-corrected chi connectivity index (χ4v) is 2.95. The van der Waals surface area contributed by atoms with Crippen molar-refractivity contribution < 1.29 is 4.74 Å². The molecule has 94 valence electrons. The third-order valence-corrected chi connectivity index (χ3v) is 3.93. The molecule has 1 heterocycles. The van der Waals surface area contributed by atoms with E-state index in [-0.39, 0.29) is 0 Å². The van der Waals surface area contributed by atoms with Crippen molar-refractivity contribution in [2.75, 3.05) is 18.6 Å². The van der Waals surface area contributed by atoms with Crippen LogP contribution >= 0.6 is 23.4 Å². The summed E-state index contributed by atoms with van der Waals surface area (Å²) in [5.74, 6) is 2.15. The van der Waals surface area contributed by atoms with Gasteiger partial charge in [0.25, 0.3) is 0 Å². The number of halogens is 1. The van der Waals surface area contributed by atoms with Crippen molar-refractivity contribution in [2.24, 2.45) is 0 Å². The third kappa shape index (κ3) is 3.30. The first-order valence-electron chi connectivity index (χ1n) is 5.87. The predicted molar refractivity (Wildman–Crippen MR) is 75.3 cm³/mol. The van der Waals surface area contributed by atoms with Crippen molar-refractivity contribution >= 4 is 23.4 Å². The van der Waals surface area contributed by atoms with Gasteiger partial charge >= 0.3 is 0 Å². The maximum Gasteiger partial charge on any atom is 0.127 e. The van der Waals surface area contributed by atoms with Crippen LogP contribution in [-0.4, -0.2) is 24.7 Å². The van der Waals surface area contributed by atoms with Gasteiger partial charge in [0.15, 0.2) is 0 Å². The van der Waals surface area contributed by atoms with Crippen LogP contribution in [0.5, 0.6) is 5.75 Å². The molecule has 1 unspecified atom stereocenters. The molecule has 0 amide bonds. The quantitative estimate of drug-likeness (QED) is 0.889. The summed E-state index contributed by atoms with van der Waals surface area (Å²) < 4.78 is 5.67. The van der Waals surface area contributed by atoms with Crippen molar-refractivity contribution in [3.8, 4) is 5.75 Å². The largest absolute Gasteiger partial charge is 0.493 e. The van der Waals surface area contributed by atoms with E-state index < -0.39 is 0 Å². The van der Waals surface area contributed by atoms with Crippen molar-refractivity contribution in [1.29, 1.82) is 0 Å². The minimum Gasteiger partial charge on any atom is -0.493 e. The highest BCUT2D eigenvalue weighted by Gasteiger charge is 2.17. The maximum absolute atomic E-state index is 6.12. The molecule has 0 saturated carbocycles. The van der Waals surface area contributed by atoms with E-state index in [0.29, 0.717) is 6.04 Å². The van der Waals surface area contributed by atoms with Gasteiger partial charge in [0.2, 0.25) is 0 Å². The lowest BCUT2D eigenvalue weighted by atomic mass is 10.1. The van der Waals surface area contributed by atoms with Gasteiger partial charge in [-0.3, -0.25) is 0 Å². The number of hydrogen-bond donors (Lipinski definition) is 1. The molecule has 1 aliphatic rings. The zero-order chi connectivity index (χ0) is 12.3. The zero-order valence-electron chi connectivity index (χ0n) is 10.3. The molecular weight excluding hydrogens is 254 g/mol. The van der Waals surface area contributed by atoms with E-state index in [9.17, 15) is 0 Å². The van der Waals surface area contributed by atoms with Crippen LogP contribution in [0.15, 0.2) is 12.1 Å². The van der Waals surface area contributed by atoms with E-state index in [4.69, 9.17) is 16.3 Å². The SMILES string of the molecule is CSCC(C)NCc1cc(Cl)cc2c1OCC2. The van der Waals surface area contributed by atoms with Crippen molar-refractivity contribution in [3.05, 3.63) is 28.3 Å². The van der Waals surface area contributed by atoms with Gasteiger partial charge in [0.1, 0.15) is 5.75 Å². The Morgan fingerprint density at radius 3 is 3.12 bits per heavy atom. The van der Waals surface area contributed by atoms with E-state index in [1.165, 1.54) is 11.1 Å². The third-order valence-electron chi connectivity index (χ3n) is 2.88. The van der Waals surface area contributed by atoms with Crippen LogP contribution in [0.25, 0.3) is 0 Å². The average molecular weight is 272 g/mol. The Kier molecular flexibility index (Phi) is 4.60. The smallest absolute Gasteiger partial charge is 0.127 e. The number of benzene rings is 1. The van der Waals surface area contributed by atoms with Crippen LogP contribution in [0.3, 0.4) is 0 Å². The summed E-state index contributed by atoms with van der Waals surface area (Å²) in [6.45, 7) is 3.80. The van der Waals surface area contributed by atoms with E-state index in [0.717, 1.165) is 36.1 Å².